The van der Waals surface area contributed by atoms with Crippen molar-refractivity contribution in [3.63, 3.8) is 0 Å². The average molecular weight is 323 g/mol. The summed E-state index contributed by atoms with van der Waals surface area (Å²) in [6, 6.07) is 5.54. The zero-order valence-corrected chi connectivity index (χ0v) is 13.9. The first-order valence-corrected chi connectivity index (χ1v) is 7.13. The minimum Gasteiger partial charge on any atom is -0.497 e. The van der Waals surface area contributed by atoms with Gasteiger partial charge in [-0.2, -0.15) is 0 Å². The van der Waals surface area contributed by atoms with Gasteiger partial charge in [0.1, 0.15) is 11.5 Å². The lowest BCUT2D eigenvalue weighted by Crippen LogP contribution is -2.48. The minimum atomic E-state index is -0.324. The molecule has 0 heterocycles. The van der Waals surface area contributed by atoms with Crippen molar-refractivity contribution in [2.75, 3.05) is 14.2 Å². The molecule has 3 N–H and O–H groups in total. The molecule has 0 aliphatic carbocycles. The van der Waals surface area contributed by atoms with E-state index in [9.17, 15) is 4.79 Å². The summed E-state index contributed by atoms with van der Waals surface area (Å²) in [4.78, 5) is 11.7. The molecular weight excluding hydrogens is 302 g/mol. The first-order valence-electron chi connectivity index (χ1n) is 6.72. The van der Waals surface area contributed by atoms with Crippen LogP contribution in [0.15, 0.2) is 24.3 Å². The third kappa shape index (κ3) is 6.45. The fourth-order valence-electron chi connectivity index (χ4n) is 1.56. The molecule has 0 atom stereocenters. The number of hydrogen-bond acceptors (Lipinski definition) is 4. The Morgan fingerprint density at radius 2 is 1.73 bits per heavy atom. The number of ether oxygens (including phenoxy) is 2. The van der Waals surface area contributed by atoms with Gasteiger partial charge in [-0.15, -0.1) is 0 Å². The van der Waals surface area contributed by atoms with Crippen molar-refractivity contribution in [1.29, 1.82) is 0 Å². The molecule has 120 valence electrons. The molecule has 22 heavy (non-hydrogen) atoms. The van der Waals surface area contributed by atoms with Gasteiger partial charge in [0.05, 0.1) is 14.2 Å². The average Bonchev–Trinajstić information content (AvgIpc) is 2.49. The number of hydrazine groups is 1. The minimum absolute atomic E-state index is 0.191. The van der Waals surface area contributed by atoms with Crippen molar-refractivity contribution >= 4 is 29.3 Å². The number of methoxy groups -OCH3 is 2. The molecule has 0 unspecified atom stereocenters. The van der Waals surface area contributed by atoms with Gasteiger partial charge in [-0.05, 0) is 49.8 Å². The van der Waals surface area contributed by atoms with E-state index >= 15 is 0 Å². The highest BCUT2D eigenvalue weighted by atomic mass is 32.1. The molecule has 0 radical (unpaired) electrons. The van der Waals surface area contributed by atoms with Crippen LogP contribution in [0.1, 0.15) is 19.4 Å². The lowest BCUT2D eigenvalue weighted by Gasteiger charge is -2.12. The van der Waals surface area contributed by atoms with Crippen LogP contribution in [-0.2, 0) is 4.79 Å². The molecule has 0 spiro atoms. The van der Waals surface area contributed by atoms with Crippen molar-refractivity contribution in [2.24, 2.45) is 0 Å². The second kappa shape index (κ2) is 8.89. The monoisotopic (exact) mass is 323 g/mol. The Bertz CT molecular complexity index is 537. The standard InChI is InChI=1S/C15H21N3O3S/c1-10(2)16-15(22)18-17-14(19)6-5-11-7-12(20-3)9-13(8-11)21-4/h5-10H,1-4H3,(H,17,19)(H2,16,18,22)/b6-5+. The molecule has 0 saturated heterocycles. The lowest BCUT2D eigenvalue weighted by molar-refractivity contribution is -0.116. The molecular formula is C15H21N3O3S. The fraction of sp³-hybridized carbons (Fsp3) is 0.333. The van der Waals surface area contributed by atoms with Gasteiger partial charge < -0.3 is 14.8 Å². The van der Waals surface area contributed by atoms with Crippen molar-refractivity contribution in [3.05, 3.63) is 29.8 Å². The summed E-state index contributed by atoms with van der Waals surface area (Å²) in [7, 11) is 3.14. The Hall–Kier alpha value is -2.28. The van der Waals surface area contributed by atoms with Gasteiger partial charge >= 0.3 is 0 Å². The van der Waals surface area contributed by atoms with E-state index in [4.69, 9.17) is 21.7 Å². The highest BCUT2D eigenvalue weighted by Crippen LogP contribution is 2.23. The first-order chi connectivity index (χ1) is 10.4. The van der Waals surface area contributed by atoms with Crippen LogP contribution in [-0.4, -0.2) is 31.3 Å². The molecule has 7 heteroatoms. The summed E-state index contributed by atoms with van der Waals surface area (Å²) in [6.45, 7) is 3.90. The van der Waals surface area contributed by atoms with E-state index in [1.54, 1.807) is 38.5 Å². The third-order valence-corrected chi connectivity index (χ3v) is 2.74. The SMILES string of the molecule is COc1cc(/C=C/C(=O)NNC(=S)NC(C)C)cc(OC)c1. The largest absolute Gasteiger partial charge is 0.497 e. The van der Waals surface area contributed by atoms with Crippen LogP contribution in [0.2, 0.25) is 0 Å². The van der Waals surface area contributed by atoms with Gasteiger partial charge in [0.25, 0.3) is 5.91 Å². The number of carbonyl (C=O) groups is 1. The van der Waals surface area contributed by atoms with E-state index in [0.29, 0.717) is 16.6 Å². The number of thiocarbonyl (C=S) groups is 1. The number of nitrogens with one attached hydrogen (secondary N) is 3. The summed E-state index contributed by atoms with van der Waals surface area (Å²) in [5.41, 5.74) is 5.87. The van der Waals surface area contributed by atoms with Crippen molar-refractivity contribution in [2.45, 2.75) is 19.9 Å². The number of carbonyl (C=O) groups excluding carboxylic acids is 1. The molecule has 0 aromatic heterocycles. The smallest absolute Gasteiger partial charge is 0.262 e. The maximum Gasteiger partial charge on any atom is 0.262 e. The highest BCUT2D eigenvalue weighted by molar-refractivity contribution is 7.80. The Labute approximate surface area is 135 Å². The Balaban J connectivity index is 2.60. The number of rotatable bonds is 5. The zero-order chi connectivity index (χ0) is 16.5. The Kier molecular flexibility index (Phi) is 7.18. The third-order valence-electron chi connectivity index (χ3n) is 2.52. The summed E-state index contributed by atoms with van der Waals surface area (Å²) in [5.74, 6) is 0.981. The van der Waals surface area contributed by atoms with Gasteiger partial charge in [0.15, 0.2) is 5.11 Å². The van der Waals surface area contributed by atoms with E-state index in [1.807, 2.05) is 13.8 Å². The van der Waals surface area contributed by atoms with Crippen LogP contribution < -0.4 is 25.6 Å². The molecule has 1 aromatic rings. The maximum absolute atomic E-state index is 11.7. The van der Waals surface area contributed by atoms with E-state index < -0.39 is 0 Å². The normalized spacial score (nSPS) is 10.4. The van der Waals surface area contributed by atoms with Crippen molar-refractivity contribution in [1.82, 2.24) is 16.2 Å². The molecule has 1 aromatic carbocycles. The second-order valence-corrected chi connectivity index (χ2v) is 5.13. The number of hydrogen-bond donors (Lipinski definition) is 3. The highest BCUT2D eigenvalue weighted by Gasteiger charge is 2.02. The van der Waals surface area contributed by atoms with E-state index in [0.717, 1.165) is 5.56 Å². The fourth-order valence-corrected chi connectivity index (χ4v) is 1.84. The second-order valence-electron chi connectivity index (χ2n) is 4.72. The molecule has 0 aliphatic heterocycles. The van der Waals surface area contributed by atoms with Crippen LogP contribution in [0.4, 0.5) is 0 Å². The van der Waals surface area contributed by atoms with Crippen LogP contribution in [0, 0.1) is 0 Å². The van der Waals surface area contributed by atoms with Crippen molar-refractivity contribution < 1.29 is 14.3 Å². The molecule has 0 aliphatic rings. The van der Waals surface area contributed by atoms with Crippen LogP contribution in [0.3, 0.4) is 0 Å². The molecule has 1 rings (SSSR count). The molecule has 6 nitrogen and oxygen atoms in total. The summed E-state index contributed by atoms with van der Waals surface area (Å²) in [5, 5.41) is 3.31. The van der Waals surface area contributed by atoms with Gasteiger partial charge in [-0.3, -0.25) is 15.6 Å². The molecule has 0 bridgehead atoms. The van der Waals surface area contributed by atoms with Crippen LogP contribution >= 0.6 is 12.2 Å². The molecule has 1 amide bonds. The van der Waals surface area contributed by atoms with E-state index in [2.05, 4.69) is 16.2 Å². The van der Waals surface area contributed by atoms with Crippen LogP contribution in [0.5, 0.6) is 11.5 Å². The van der Waals surface area contributed by atoms with E-state index in [1.165, 1.54) is 6.08 Å². The maximum atomic E-state index is 11.7. The van der Waals surface area contributed by atoms with Gasteiger partial charge in [-0.1, -0.05) is 0 Å². The van der Waals surface area contributed by atoms with Gasteiger partial charge in [0.2, 0.25) is 0 Å². The quantitative estimate of drug-likeness (QED) is 0.434. The van der Waals surface area contributed by atoms with Gasteiger partial charge in [-0.25, -0.2) is 0 Å². The summed E-state index contributed by atoms with van der Waals surface area (Å²) < 4.78 is 10.3. The summed E-state index contributed by atoms with van der Waals surface area (Å²) >= 11 is 5.00. The zero-order valence-electron chi connectivity index (χ0n) is 13.1. The predicted octanol–water partition coefficient (Wildman–Crippen LogP) is 1.62. The molecule has 0 saturated carbocycles. The first kappa shape index (κ1) is 17.8. The number of benzene rings is 1. The van der Waals surface area contributed by atoms with E-state index in [-0.39, 0.29) is 11.9 Å². The number of amides is 1. The molecule has 0 fully saturated rings. The summed E-state index contributed by atoms with van der Waals surface area (Å²) in [6.07, 6.45) is 3.04. The van der Waals surface area contributed by atoms with Gasteiger partial charge in [0, 0.05) is 18.2 Å². The predicted molar refractivity (Wildman–Crippen MR) is 90.7 cm³/mol. The van der Waals surface area contributed by atoms with Crippen LogP contribution in [0.25, 0.3) is 6.08 Å². The Morgan fingerprint density at radius 3 is 2.23 bits per heavy atom. The topological polar surface area (TPSA) is 71.6 Å². The Morgan fingerprint density at radius 1 is 1.14 bits per heavy atom. The van der Waals surface area contributed by atoms with Crippen molar-refractivity contribution in [3.8, 4) is 11.5 Å². The lowest BCUT2D eigenvalue weighted by atomic mass is 10.2.